The van der Waals surface area contributed by atoms with Gasteiger partial charge in [-0.3, -0.25) is 0 Å². The highest BCUT2D eigenvalue weighted by Crippen LogP contribution is 2.43. The average molecular weight is 539 g/mol. The molecule has 0 aromatic carbocycles. The van der Waals surface area contributed by atoms with Crippen molar-refractivity contribution in [1.82, 2.24) is 0 Å². The maximum absolute atomic E-state index is 3.28. The molecular formula is C40H58. The van der Waals surface area contributed by atoms with E-state index in [1.807, 2.05) is 0 Å². The van der Waals surface area contributed by atoms with Crippen molar-refractivity contribution in [3.8, 4) is 11.8 Å². The van der Waals surface area contributed by atoms with Gasteiger partial charge in [0.1, 0.15) is 0 Å². The van der Waals surface area contributed by atoms with Gasteiger partial charge in [0, 0.05) is 0 Å². The van der Waals surface area contributed by atoms with Gasteiger partial charge in [-0.1, -0.05) is 123 Å². The minimum atomic E-state index is 0.317. The molecule has 0 saturated carbocycles. The molecule has 2 rings (SSSR count). The van der Waals surface area contributed by atoms with Gasteiger partial charge in [-0.15, -0.1) is 0 Å². The summed E-state index contributed by atoms with van der Waals surface area (Å²) in [5.74, 6) is 7.09. The molecular weight excluding hydrogens is 480 g/mol. The highest BCUT2D eigenvalue weighted by molar-refractivity contribution is 5.36. The van der Waals surface area contributed by atoms with Crippen molar-refractivity contribution >= 4 is 0 Å². The molecule has 40 heavy (non-hydrogen) atoms. The summed E-state index contributed by atoms with van der Waals surface area (Å²) in [6.07, 6.45) is 31.1. The van der Waals surface area contributed by atoms with E-state index in [0.717, 1.165) is 18.4 Å². The van der Waals surface area contributed by atoms with E-state index >= 15 is 0 Å². The predicted octanol–water partition coefficient (Wildman–Crippen LogP) is 12.4. The SMILES string of the molecule is CC1=C(/C=C/C(C)CC=C/C(C)=C/C=C\C=C(/C)C#C/C=C(\C)CCC2=C(C)CCCC2(C)C)C(C)(C)CCC1. The van der Waals surface area contributed by atoms with Gasteiger partial charge in [0.2, 0.25) is 0 Å². The third kappa shape index (κ3) is 11.5. The van der Waals surface area contributed by atoms with Crippen molar-refractivity contribution in [3.05, 3.63) is 93.7 Å². The molecule has 1 atom stereocenters. The zero-order chi connectivity index (χ0) is 29.8. The van der Waals surface area contributed by atoms with Crippen molar-refractivity contribution in [2.24, 2.45) is 16.7 Å². The summed E-state index contributed by atoms with van der Waals surface area (Å²) in [6, 6.07) is 0. The van der Waals surface area contributed by atoms with Crippen LogP contribution in [0.5, 0.6) is 0 Å². The highest BCUT2D eigenvalue weighted by Gasteiger charge is 2.28. The van der Waals surface area contributed by atoms with E-state index < -0.39 is 0 Å². The zero-order valence-corrected chi connectivity index (χ0v) is 27.6. The normalized spacial score (nSPS) is 21.5. The molecule has 0 aliphatic heterocycles. The van der Waals surface area contributed by atoms with Crippen molar-refractivity contribution in [2.45, 2.75) is 127 Å². The first-order valence-corrected chi connectivity index (χ1v) is 15.7. The monoisotopic (exact) mass is 538 g/mol. The van der Waals surface area contributed by atoms with Gasteiger partial charge in [-0.2, -0.15) is 0 Å². The fraction of sp³-hybridized carbons (Fsp3) is 0.550. The molecule has 0 heteroatoms. The van der Waals surface area contributed by atoms with Crippen LogP contribution < -0.4 is 0 Å². The van der Waals surface area contributed by atoms with Crippen LogP contribution in [0.2, 0.25) is 0 Å². The predicted molar refractivity (Wildman–Crippen MR) is 180 cm³/mol. The quantitative estimate of drug-likeness (QED) is 0.147. The third-order valence-electron chi connectivity index (χ3n) is 8.88. The van der Waals surface area contributed by atoms with Gasteiger partial charge in [-0.25, -0.2) is 0 Å². The van der Waals surface area contributed by atoms with Crippen molar-refractivity contribution in [1.29, 1.82) is 0 Å². The van der Waals surface area contributed by atoms with Gasteiger partial charge in [-0.05, 0) is 126 Å². The Morgan fingerprint density at radius 1 is 0.900 bits per heavy atom. The van der Waals surface area contributed by atoms with Gasteiger partial charge in [0.25, 0.3) is 0 Å². The summed E-state index contributed by atoms with van der Waals surface area (Å²) < 4.78 is 0. The van der Waals surface area contributed by atoms with E-state index in [1.165, 1.54) is 56.1 Å². The lowest BCUT2D eigenvalue weighted by atomic mass is 9.71. The van der Waals surface area contributed by atoms with Gasteiger partial charge < -0.3 is 0 Å². The largest absolute Gasteiger partial charge is 0.0837 e. The van der Waals surface area contributed by atoms with Gasteiger partial charge in [0.15, 0.2) is 0 Å². The Hall–Kier alpha value is -2.52. The summed E-state index contributed by atoms with van der Waals surface area (Å²) in [5.41, 5.74) is 10.8. The molecule has 2 aliphatic carbocycles. The molecule has 0 radical (unpaired) electrons. The summed E-state index contributed by atoms with van der Waals surface area (Å²) in [4.78, 5) is 0. The molecule has 0 heterocycles. The maximum atomic E-state index is 3.28. The summed E-state index contributed by atoms with van der Waals surface area (Å²) in [5, 5.41) is 0. The summed E-state index contributed by atoms with van der Waals surface area (Å²) >= 11 is 0. The van der Waals surface area contributed by atoms with Crippen LogP contribution in [0.15, 0.2) is 93.7 Å². The van der Waals surface area contributed by atoms with Crippen molar-refractivity contribution in [2.75, 3.05) is 0 Å². The second-order valence-electron chi connectivity index (χ2n) is 13.8. The van der Waals surface area contributed by atoms with Crippen LogP contribution in [0.3, 0.4) is 0 Å². The van der Waals surface area contributed by atoms with Gasteiger partial charge in [0.05, 0.1) is 0 Å². The van der Waals surface area contributed by atoms with Gasteiger partial charge >= 0.3 is 0 Å². The van der Waals surface area contributed by atoms with E-state index in [4.69, 9.17) is 0 Å². The van der Waals surface area contributed by atoms with Crippen LogP contribution in [-0.4, -0.2) is 0 Å². The first-order valence-electron chi connectivity index (χ1n) is 15.7. The number of hydrogen-bond donors (Lipinski definition) is 0. The smallest absolute Gasteiger partial charge is 0.000725 e. The molecule has 0 N–H and O–H groups in total. The molecule has 0 aromatic heterocycles. The topological polar surface area (TPSA) is 0 Å². The first-order chi connectivity index (χ1) is 18.8. The standard InChI is InChI=1S/C40H58/c1-31(19-13-21-33(3)25-27-37-35(5)23-15-29-39(37,7)8)17-11-12-18-32(2)20-14-22-34(4)26-28-38-36(6)24-16-30-40(38,9)10/h11-13,17-19,22,25,27,33H,15-16,21,23-24,26,28-30H2,1-10H3/b12-11-,19-13?,27-25+,31-17+,32-18+,34-22+. The maximum Gasteiger partial charge on any atom is -0.000725 e. The van der Waals surface area contributed by atoms with E-state index in [0.29, 0.717) is 16.7 Å². The molecule has 0 aromatic rings. The lowest BCUT2D eigenvalue weighted by Gasteiger charge is -2.34. The molecule has 2 aliphatic rings. The number of rotatable bonds is 10. The van der Waals surface area contributed by atoms with E-state index in [1.54, 1.807) is 22.3 Å². The Kier molecular flexibility index (Phi) is 13.5. The number of allylic oxidation sites excluding steroid dienone is 16. The third-order valence-corrected chi connectivity index (χ3v) is 8.88. The minimum Gasteiger partial charge on any atom is -0.0837 e. The van der Waals surface area contributed by atoms with Crippen molar-refractivity contribution < 1.29 is 0 Å². The molecule has 218 valence electrons. The first kappa shape index (κ1) is 33.7. The fourth-order valence-electron chi connectivity index (χ4n) is 6.22. The Labute approximate surface area is 248 Å². The fourth-order valence-corrected chi connectivity index (χ4v) is 6.22. The molecule has 0 spiro atoms. The van der Waals surface area contributed by atoms with Crippen LogP contribution in [0.1, 0.15) is 127 Å². The van der Waals surface area contributed by atoms with Crippen LogP contribution in [0, 0.1) is 28.6 Å². The Bertz CT molecular complexity index is 1160. The lowest BCUT2D eigenvalue weighted by molar-refractivity contribution is 0.354. The molecule has 0 bridgehead atoms. The van der Waals surface area contributed by atoms with Crippen LogP contribution in [-0.2, 0) is 0 Å². The summed E-state index contributed by atoms with van der Waals surface area (Å²) in [7, 11) is 0. The second-order valence-corrected chi connectivity index (χ2v) is 13.8. The van der Waals surface area contributed by atoms with E-state index in [2.05, 4.69) is 136 Å². The Balaban J connectivity index is 1.81. The Morgan fingerprint density at radius 2 is 1.55 bits per heavy atom. The van der Waals surface area contributed by atoms with Crippen LogP contribution in [0.4, 0.5) is 0 Å². The Morgan fingerprint density at radius 3 is 2.23 bits per heavy atom. The number of hydrogen-bond acceptors (Lipinski definition) is 0. The molecule has 0 amide bonds. The van der Waals surface area contributed by atoms with E-state index in [9.17, 15) is 0 Å². The second kappa shape index (κ2) is 16.1. The zero-order valence-electron chi connectivity index (χ0n) is 27.6. The molecule has 0 nitrogen and oxygen atoms in total. The lowest BCUT2D eigenvalue weighted by Crippen LogP contribution is -2.20. The molecule has 0 saturated heterocycles. The highest BCUT2D eigenvalue weighted by atomic mass is 14.3. The minimum absolute atomic E-state index is 0.317. The summed E-state index contributed by atoms with van der Waals surface area (Å²) in [6.45, 7) is 23.0. The molecule has 1 unspecified atom stereocenters. The van der Waals surface area contributed by atoms with E-state index in [-0.39, 0.29) is 0 Å². The van der Waals surface area contributed by atoms with Crippen LogP contribution in [0.25, 0.3) is 0 Å². The molecule has 0 fully saturated rings. The van der Waals surface area contributed by atoms with Crippen molar-refractivity contribution in [3.63, 3.8) is 0 Å². The van der Waals surface area contributed by atoms with Crippen LogP contribution >= 0.6 is 0 Å². The average Bonchev–Trinajstić information content (AvgIpc) is 2.85.